The van der Waals surface area contributed by atoms with Gasteiger partial charge in [-0.1, -0.05) is 42.0 Å². The molecule has 3 rings (SSSR count). The van der Waals surface area contributed by atoms with Crippen LogP contribution in [0.3, 0.4) is 0 Å². The van der Waals surface area contributed by atoms with Gasteiger partial charge in [0.25, 0.3) is 0 Å². The molecule has 1 aromatic heterocycles. The van der Waals surface area contributed by atoms with Gasteiger partial charge in [-0.25, -0.2) is 9.78 Å². The molecule has 6 nitrogen and oxygen atoms in total. The average Bonchev–Trinajstić information content (AvgIpc) is 2.67. The lowest BCUT2D eigenvalue weighted by Gasteiger charge is -2.11. The van der Waals surface area contributed by atoms with Crippen molar-refractivity contribution in [3.63, 3.8) is 0 Å². The van der Waals surface area contributed by atoms with Gasteiger partial charge < -0.3 is 15.4 Å². The minimum absolute atomic E-state index is 0.399. The van der Waals surface area contributed by atoms with Gasteiger partial charge in [-0.2, -0.15) is 4.98 Å². The summed E-state index contributed by atoms with van der Waals surface area (Å²) in [6.07, 6.45) is 1.66. The molecule has 0 saturated heterocycles. The van der Waals surface area contributed by atoms with E-state index in [0.29, 0.717) is 29.6 Å². The van der Waals surface area contributed by atoms with Gasteiger partial charge >= 0.3 is 5.97 Å². The Kier molecular flexibility index (Phi) is 5.43. The van der Waals surface area contributed by atoms with Crippen molar-refractivity contribution in [2.45, 2.75) is 13.5 Å². The Morgan fingerprint density at radius 3 is 2.77 bits per heavy atom. The maximum atomic E-state index is 11.9. The van der Waals surface area contributed by atoms with E-state index in [4.69, 9.17) is 4.74 Å². The highest BCUT2D eigenvalue weighted by molar-refractivity contribution is 5.96. The van der Waals surface area contributed by atoms with E-state index in [9.17, 15) is 4.79 Å². The van der Waals surface area contributed by atoms with Gasteiger partial charge in [0.1, 0.15) is 5.82 Å². The number of carbonyl (C=O) groups excluding carboxylic acids is 1. The molecular formula is C20H20N4O2. The van der Waals surface area contributed by atoms with Gasteiger partial charge in [0.05, 0.1) is 18.4 Å². The lowest BCUT2D eigenvalue weighted by Crippen LogP contribution is -2.08. The predicted octanol–water partition coefficient (Wildman–Crippen LogP) is 3.93. The molecule has 0 aliphatic heterocycles. The molecule has 0 unspecified atom stereocenters. The molecule has 132 valence electrons. The molecule has 0 amide bonds. The highest BCUT2D eigenvalue weighted by Crippen LogP contribution is 2.20. The van der Waals surface area contributed by atoms with E-state index in [0.717, 1.165) is 0 Å². The number of anilines is 3. The fraction of sp³-hybridized carbons (Fsp3) is 0.150. The minimum Gasteiger partial charge on any atom is -0.465 e. The second-order valence-electron chi connectivity index (χ2n) is 5.77. The number of para-hydroxylation sites is 1. The molecule has 0 saturated carbocycles. The van der Waals surface area contributed by atoms with Crippen LogP contribution in [0, 0.1) is 6.92 Å². The number of benzene rings is 2. The number of methoxy groups -OCH3 is 1. The summed E-state index contributed by atoms with van der Waals surface area (Å²) in [6.45, 7) is 2.73. The molecule has 2 aromatic carbocycles. The molecule has 0 bridgehead atoms. The zero-order valence-electron chi connectivity index (χ0n) is 14.7. The van der Waals surface area contributed by atoms with Crippen molar-refractivity contribution < 1.29 is 9.53 Å². The largest absolute Gasteiger partial charge is 0.465 e. The van der Waals surface area contributed by atoms with Gasteiger partial charge in [-0.05, 0) is 30.7 Å². The number of hydrogen-bond acceptors (Lipinski definition) is 6. The number of ether oxygens (including phenoxy) is 1. The highest BCUT2D eigenvalue weighted by atomic mass is 16.5. The molecule has 2 N–H and O–H groups in total. The van der Waals surface area contributed by atoms with Crippen molar-refractivity contribution in [1.82, 2.24) is 9.97 Å². The highest BCUT2D eigenvalue weighted by Gasteiger charge is 2.12. The van der Waals surface area contributed by atoms with E-state index in [1.54, 1.807) is 30.5 Å². The zero-order chi connectivity index (χ0) is 18.4. The van der Waals surface area contributed by atoms with Crippen molar-refractivity contribution in [3.05, 3.63) is 77.5 Å². The van der Waals surface area contributed by atoms with Crippen molar-refractivity contribution in [2.24, 2.45) is 0 Å². The maximum Gasteiger partial charge on any atom is 0.339 e. The number of nitrogens with zero attached hydrogens (tertiary/aromatic N) is 2. The normalized spacial score (nSPS) is 10.2. The van der Waals surface area contributed by atoms with E-state index >= 15 is 0 Å². The first-order chi connectivity index (χ1) is 12.7. The van der Waals surface area contributed by atoms with Crippen LogP contribution in [-0.2, 0) is 11.3 Å². The minimum atomic E-state index is -0.415. The van der Waals surface area contributed by atoms with Crippen molar-refractivity contribution in [2.75, 3.05) is 17.7 Å². The van der Waals surface area contributed by atoms with E-state index < -0.39 is 5.97 Å². The summed E-state index contributed by atoms with van der Waals surface area (Å²) in [5.41, 5.74) is 3.41. The topological polar surface area (TPSA) is 76.1 Å². The number of esters is 1. The zero-order valence-corrected chi connectivity index (χ0v) is 14.7. The Balaban J connectivity index is 1.73. The Labute approximate surface area is 152 Å². The number of carbonyl (C=O) groups is 1. The summed E-state index contributed by atoms with van der Waals surface area (Å²) in [7, 11) is 1.35. The molecule has 0 fully saturated rings. The molecule has 1 heterocycles. The summed E-state index contributed by atoms with van der Waals surface area (Å²) in [5.74, 6) is 0.678. The molecule has 0 radical (unpaired) electrons. The van der Waals surface area contributed by atoms with E-state index in [2.05, 4.69) is 45.7 Å². The number of hydrogen-bond donors (Lipinski definition) is 2. The first-order valence-corrected chi connectivity index (χ1v) is 8.22. The van der Waals surface area contributed by atoms with Crippen LogP contribution in [0.5, 0.6) is 0 Å². The SMILES string of the molecule is COC(=O)c1ccccc1Nc1nccc(NCc2cccc(C)c2)n1. The summed E-state index contributed by atoms with van der Waals surface area (Å²) >= 11 is 0. The van der Waals surface area contributed by atoms with Crippen LogP contribution in [-0.4, -0.2) is 23.0 Å². The lowest BCUT2D eigenvalue weighted by molar-refractivity contribution is 0.0602. The van der Waals surface area contributed by atoms with Crippen LogP contribution in [0.2, 0.25) is 0 Å². The first kappa shape index (κ1) is 17.4. The fourth-order valence-electron chi connectivity index (χ4n) is 2.53. The van der Waals surface area contributed by atoms with Crippen LogP contribution in [0.15, 0.2) is 60.8 Å². The van der Waals surface area contributed by atoms with Crippen LogP contribution < -0.4 is 10.6 Å². The molecular weight excluding hydrogens is 328 g/mol. The van der Waals surface area contributed by atoms with Crippen molar-refractivity contribution >= 4 is 23.4 Å². The lowest BCUT2D eigenvalue weighted by atomic mass is 10.1. The Morgan fingerprint density at radius 2 is 1.96 bits per heavy atom. The van der Waals surface area contributed by atoms with Crippen molar-refractivity contribution in [1.29, 1.82) is 0 Å². The Hall–Kier alpha value is -3.41. The van der Waals surface area contributed by atoms with E-state index in [1.165, 1.54) is 18.2 Å². The average molecular weight is 348 g/mol. The third-order valence-electron chi connectivity index (χ3n) is 3.79. The summed E-state index contributed by atoms with van der Waals surface area (Å²) in [5, 5.41) is 6.35. The summed E-state index contributed by atoms with van der Waals surface area (Å²) in [4.78, 5) is 20.5. The quantitative estimate of drug-likeness (QED) is 0.658. The molecule has 0 aliphatic rings. The van der Waals surface area contributed by atoms with Crippen molar-refractivity contribution in [3.8, 4) is 0 Å². The maximum absolute atomic E-state index is 11.9. The second kappa shape index (κ2) is 8.11. The third-order valence-corrected chi connectivity index (χ3v) is 3.79. The van der Waals surface area contributed by atoms with Gasteiger partial charge in [-0.15, -0.1) is 0 Å². The van der Waals surface area contributed by atoms with Crippen LogP contribution in [0.1, 0.15) is 21.5 Å². The second-order valence-corrected chi connectivity index (χ2v) is 5.77. The van der Waals surface area contributed by atoms with E-state index in [-0.39, 0.29) is 0 Å². The van der Waals surface area contributed by atoms with Gasteiger partial charge in [0, 0.05) is 12.7 Å². The molecule has 0 atom stereocenters. The van der Waals surface area contributed by atoms with Crippen LogP contribution in [0.4, 0.5) is 17.5 Å². The number of aromatic nitrogens is 2. The Bertz CT molecular complexity index is 912. The Morgan fingerprint density at radius 1 is 1.12 bits per heavy atom. The molecule has 0 spiro atoms. The van der Waals surface area contributed by atoms with Gasteiger partial charge in [0.15, 0.2) is 0 Å². The van der Waals surface area contributed by atoms with E-state index in [1.807, 2.05) is 12.1 Å². The predicted molar refractivity (Wildman–Crippen MR) is 102 cm³/mol. The smallest absolute Gasteiger partial charge is 0.339 e. The number of nitrogens with one attached hydrogen (secondary N) is 2. The van der Waals surface area contributed by atoms with Crippen LogP contribution in [0.25, 0.3) is 0 Å². The summed E-state index contributed by atoms with van der Waals surface area (Å²) in [6, 6.07) is 17.2. The fourth-order valence-corrected chi connectivity index (χ4v) is 2.53. The standard InChI is InChI=1S/C20H20N4O2/c1-14-6-5-7-15(12-14)13-22-18-10-11-21-20(24-18)23-17-9-4-3-8-16(17)19(25)26-2/h3-12H,13H2,1-2H3,(H2,21,22,23,24). The number of aryl methyl sites for hydroxylation is 1. The molecule has 0 aliphatic carbocycles. The number of rotatable bonds is 6. The van der Waals surface area contributed by atoms with Gasteiger partial charge in [0.2, 0.25) is 5.95 Å². The molecule has 3 aromatic rings. The molecule has 6 heteroatoms. The first-order valence-electron chi connectivity index (χ1n) is 8.22. The van der Waals surface area contributed by atoms with Gasteiger partial charge in [-0.3, -0.25) is 0 Å². The third kappa shape index (κ3) is 4.36. The monoisotopic (exact) mass is 348 g/mol. The van der Waals surface area contributed by atoms with Crippen LogP contribution >= 0.6 is 0 Å². The summed E-state index contributed by atoms with van der Waals surface area (Å²) < 4.78 is 4.80. The molecule has 26 heavy (non-hydrogen) atoms.